The quantitative estimate of drug-likeness (QED) is 0.718. The molecule has 0 spiro atoms. The number of nitrogens with one attached hydrogen (secondary N) is 1. The predicted molar refractivity (Wildman–Crippen MR) is 123 cm³/mol. The lowest BCUT2D eigenvalue weighted by Crippen LogP contribution is -2.46. The van der Waals surface area contributed by atoms with Crippen LogP contribution in [0.2, 0.25) is 0 Å². The number of nitrogens with zero attached hydrogens (tertiary/aromatic N) is 3. The van der Waals surface area contributed by atoms with Gasteiger partial charge < -0.3 is 15.1 Å². The molecule has 32 heavy (non-hydrogen) atoms. The third-order valence-electron chi connectivity index (χ3n) is 6.25. The van der Waals surface area contributed by atoms with Gasteiger partial charge in [-0.15, -0.1) is 0 Å². The SMILES string of the molecule is CCN1CCN(c2ccc(NC(=O)C3CCCN3S(=O)(=O)c3ccc(F)cc3)cc2)CC1. The molecule has 2 aliphatic rings. The molecule has 0 bridgehead atoms. The van der Waals surface area contributed by atoms with Gasteiger partial charge in [-0.1, -0.05) is 6.92 Å². The van der Waals surface area contributed by atoms with Crippen molar-refractivity contribution < 1.29 is 17.6 Å². The van der Waals surface area contributed by atoms with E-state index in [1.165, 1.54) is 16.4 Å². The molecule has 1 N–H and O–H groups in total. The van der Waals surface area contributed by atoms with E-state index in [2.05, 4.69) is 22.0 Å². The molecule has 1 unspecified atom stereocenters. The number of halogens is 1. The molecule has 0 aromatic heterocycles. The first-order valence-corrected chi connectivity index (χ1v) is 12.5. The summed E-state index contributed by atoms with van der Waals surface area (Å²) in [5.41, 5.74) is 1.75. The minimum absolute atomic E-state index is 0.00822. The molecule has 2 heterocycles. The molecule has 1 atom stereocenters. The van der Waals surface area contributed by atoms with Crippen molar-refractivity contribution in [1.29, 1.82) is 0 Å². The summed E-state index contributed by atoms with van der Waals surface area (Å²) in [6.07, 6.45) is 1.05. The highest BCUT2D eigenvalue weighted by molar-refractivity contribution is 7.89. The van der Waals surface area contributed by atoms with E-state index in [4.69, 9.17) is 0 Å². The number of hydrogen-bond donors (Lipinski definition) is 1. The van der Waals surface area contributed by atoms with Crippen LogP contribution >= 0.6 is 0 Å². The van der Waals surface area contributed by atoms with Crippen LogP contribution in [-0.2, 0) is 14.8 Å². The van der Waals surface area contributed by atoms with E-state index in [1.807, 2.05) is 24.3 Å². The highest BCUT2D eigenvalue weighted by atomic mass is 32.2. The Labute approximate surface area is 188 Å². The normalized spacial score (nSPS) is 20.4. The summed E-state index contributed by atoms with van der Waals surface area (Å²) in [4.78, 5) is 17.7. The van der Waals surface area contributed by atoms with Crippen molar-refractivity contribution in [3.8, 4) is 0 Å². The highest BCUT2D eigenvalue weighted by Crippen LogP contribution is 2.27. The predicted octanol–water partition coefficient (Wildman–Crippen LogP) is 2.76. The van der Waals surface area contributed by atoms with Crippen LogP contribution in [0.25, 0.3) is 0 Å². The lowest BCUT2D eigenvalue weighted by molar-refractivity contribution is -0.119. The van der Waals surface area contributed by atoms with Crippen molar-refractivity contribution in [1.82, 2.24) is 9.21 Å². The Kier molecular flexibility index (Phi) is 6.78. The Morgan fingerprint density at radius 3 is 2.28 bits per heavy atom. The summed E-state index contributed by atoms with van der Waals surface area (Å²) in [6, 6.07) is 11.6. The van der Waals surface area contributed by atoms with E-state index in [1.54, 1.807) is 0 Å². The third kappa shape index (κ3) is 4.79. The Morgan fingerprint density at radius 1 is 1.00 bits per heavy atom. The minimum atomic E-state index is -3.87. The third-order valence-corrected chi connectivity index (χ3v) is 8.17. The summed E-state index contributed by atoms with van der Waals surface area (Å²) < 4.78 is 40.4. The van der Waals surface area contributed by atoms with Gasteiger partial charge >= 0.3 is 0 Å². The number of likely N-dealkylation sites (N-methyl/N-ethyl adjacent to an activating group) is 1. The van der Waals surface area contributed by atoms with Crippen molar-refractivity contribution in [3.05, 3.63) is 54.3 Å². The van der Waals surface area contributed by atoms with E-state index >= 15 is 0 Å². The summed E-state index contributed by atoms with van der Waals surface area (Å²) in [6.45, 7) is 7.51. The van der Waals surface area contributed by atoms with Gasteiger partial charge in [0.1, 0.15) is 11.9 Å². The maximum Gasteiger partial charge on any atom is 0.243 e. The standard InChI is InChI=1S/C23H29FN4O3S/c1-2-26-14-16-27(17-15-26)20-9-7-19(8-10-20)25-23(29)22-4-3-13-28(22)32(30,31)21-11-5-18(24)6-12-21/h5-12,22H,2-4,13-17H2,1H3,(H,25,29). The highest BCUT2D eigenvalue weighted by Gasteiger charge is 2.39. The maximum atomic E-state index is 13.2. The second-order valence-corrected chi connectivity index (χ2v) is 10.1. The molecule has 2 aromatic carbocycles. The Bertz CT molecular complexity index is 1040. The zero-order chi connectivity index (χ0) is 22.7. The first-order valence-electron chi connectivity index (χ1n) is 11.0. The van der Waals surface area contributed by atoms with Crippen molar-refractivity contribution >= 4 is 27.3 Å². The molecule has 0 saturated carbocycles. The first kappa shape index (κ1) is 22.7. The van der Waals surface area contributed by atoms with Gasteiger partial charge in [0.05, 0.1) is 4.90 Å². The van der Waals surface area contributed by atoms with Crippen molar-refractivity contribution in [2.45, 2.75) is 30.7 Å². The molecule has 2 saturated heterocycles. The van der Waals surface area contributed by atoms with Crippen LogP contribution in [-0.4, -0.2) is 68.8 Å². The van der Waals surface area contributed by atoms with Crippen LogP contribution in [0.5, 0.6) is 0 Å². The van der Waals surface area contributed by atoms with Crippen molar-refractivity contribution in [3.63, 3.8) is 0 Å². The number of anilines is 2. The average molecular weight is 461 g/mol. The largest absolute Gasteiger partial charge is 0.369 e. The van der Waals surface area contributed by atoms with Crippen molar-refractivity contribution in [2.24, 2.45) is 0 Å². The number of amides is 1. The number of carbonyl (C=O) groups is 1. The maximum absolute atomic E-state index is 13.2. The molecule has 0 aliphatic carbocycles. The first-order chi connectivity index (χ1) is 15.4. The Morgan fingerprint density at radius 2 is 1.66 bits per heavy atom. The van der Waals surface area contributed by atoms with Gasteiger partial charge in [-0.2, -0.15) is 4.31 Å². The molecule has 9 heteroatoms. The number of hydrogen-bond acceptors (Lipinski definition) is 5. The topological polar surface area (TPSA) is 73.0 Å². The number of rotatable bonds is 6. The van der Waals surface area contributed by atoms with Gasteiger partial charge in [0, 0.05) is 44.1 Å². The fourth-order valence-electron chi connectivity index (χ4n) is 4.34. The summed E-state index contributed by atoms with van der Waals surface area (Å²) in [7, 11) is -3.87. The van der Waals surface area contributed by atoms with Crippen LogP contribution in [0.1, 0.15) is 19.8 Å². The number of benzene rings is 2. The molecule has 7 nitrogen and oxygen atoms in total. The van der Waals surface area contributed by atoms with Gasteiger partial charge in [-0.3, -0.25) is 4.79 Å². The van der Waals surface area contributed by atoms with E-state index < -0.39 is 21.9 Å². The number of piperazine rings is 1. The molecule has 0 radical (unpaired) electrons. The van der Waals surface area contributed by atoms with Gasteiger partial charge in [0.15, 0.2) is 0 Å². The number of sulfonamides is 1. The lowest BCUT2D eigenvalue weighted by Gasteiger charge is -2.35. The fraction of sp³-hybridized carbons (Fsp3) is 0.435. The summed E-state index contributed by atoms with van der Waals surface area (Å²) in [5.74, 6) is -0.854. The summed E-state index contributed by atoms with van der Waals surface area (Å²) >= 11 is 0. The lowest BCUT2D eigenvalue weighted by atomic mass is 10.2. The van der Waals surface area contributed by atoms with Gasteiger partial charge in [0.2, 0.25) is 15.9 Å². The smallest absolute Gasteiger partial charge is 0.243 e. The van der Waals surface area contributed by atoms with Crippen LogP contribution < -0.4 is 10.2 Å². The van der Waals surface area contributed by atoms with Crippen LogP contribution in [0.4, 0.5) is 15.8 Å². The van der Waals surface area contributed by atoms with Crippen LogP contribution in [0, 0.1) is 5.82 Å². The zero-order valence-electron chi connectivity index (χ0n) is 18.2. The molecular formula is C23H29FN4O3S. The molecule has 1 amide bonds. The molecule has 2 aliphatic heterocycles. The molecule has 2 aromatic rings. The van der Waals surface area contributed by atoms with Gasteiger partial charge in [0.25, 0.3) is 0 Å². The minimum Gasteiger partial charge on any atom is -0.369 e. The van der Waals surface area contributed by atoms with E-state index in [0.717, 1.165) is 50.5 Å². The number of carbonyl (C=O) groups excluding carboxylic acids is 1. The Balaban J connectivity index is 1.41. The second-order valence-electron chi connectivity index (χ2n) is 8.19. The molecule has 2 fully saturated rings. The van der Waals surface area contributed by atoms with Gasteiger partial charge in [-0.25, -0.2) is 12.8 Å². The zero-order valence-corrected chi connectivity index (χ0v) is 19.0. The average Bonchev–Trinajstić information content (AvgIpc) is 3.31. The summed E-state index contributed by atoms with van der Waals surface area (Å²) in [5, 5.41) is 2.86. The molecule has 4 rings (SSSR count). The monoisotopic (exact) mass is 460 g/mol. The van der Waals surface area contributed by atoms with Gasteiger partial charge in [-0.05, 0) is 67.9 Å². The fourth-order valence-corrected chi connectivity index (χ4v) is 5.99. The van der Waals surface area contributed by atoms with E-state index in [9.17, 15) is 17.6 Å². The Hall–Kier alpha value is -2.49. The van der Waals surface area contributed by atoms with E-state index in [-0.39, 0.29) is 17.3 Å². The molecular weight excluding hydrogens is 431 g/mol. The van der Waals surface area contributed by atoms with Crippen LogP contribution in [0.15, 0.2) is 53.4 Å². The molecule has 172 valence electrons. The van der Waals surface area contributed by atoms with E-state index in [0.29, 0.717) is 18.5 Å². The van der Waals surface area contributed by atoms with Crippen molar-refractivity contribution in [2.75, 3.05) is 49.5 Å². The van der Waals surface area contributed by atoms with Crippen LogP contribution in [0.3, 0.4) is 0 Å². The second kappa shape index (κ2) is 9.56.